The summed E-state index contributed by atoms with van der Waals surface area (Å²) >= 11 is 1.62. The number of thiophene rings is 1. The molecule has 0 atom stereocenters. The Hall–Kier alpha value is -0.890. The molecule has 11 heavy (non-hydrogen) atoms. The molecule has 0 aliphatic rings. The van der Waals surface area contributed by atoms with Crippen LogP contribution in [-0.2, 0) is 0 Å². The van der Waals surface area contributed by atoms with Crippen LogP contribution in [-0.4, -0.2) is 0 Å². The molecule has 1 aromatic carbocycles. The monoisotopic (exact) mass is 165 g/mol. The van der Waals surface area contributed by atoms with Gasteiger partial charge >= 0.3 is 0 Å². The zero-order chi connectivity index (χ0) is 7.84. The smallest absolute Gasteiger partial charge is 0.131 e. The first-order valence-corrected chi connectivity index (χ1v) is 4.20. The highest BCUT2D eigenvalue weighted by Gasteiger charge is 2.00. The minimum Gasteiger partial charge on any atom is -0.206 e. The Balaban J connectivity index is 2.87. The summed E-state index contributed by atoms with van der Waals surface area (Å²) in [6.45, 7) is 1.98. The molecule has 2 rings (SSSR count). The second-order valence-corrected chi connectivity index (χ2v) is 3.39. The minimum absolute atomic E-state index is 0.279. The molecular weight excluding hydrogens is 159 g/mol. The van der Waals surface area contributed by atoms with Gasteiger partial charge in [0.15, 0.2) is 0 Å². The van der Waals surface area contributed by atoms with Gasteiger partial charge in [0.1, 0.15) is 5.82 Å². The first kappa shape index (κ1) is 6.80. The average molecular weight is 165 g/mol. The van der Waals surface area contributed by atoms with Gasteiger partial charge in [-0.05, 0) is 35.4 Å². The molecule has 0 fully saturated rings. The largest absolute Gasteiger partial charge is 0.206 e. The Bertz CT molecular complexity index is 389. The summed E-state index contributed by atoms with van der Waals surface area (Å²) in [7, 11) is 0. The number of hydrogen-bond donors (Lipinski definition) is 0. The third kappa shape index (κ3) is 1.03. The van der Waals surface area contributed by atoms with Crippen molar-refractivity contribution in [1.29, 1.82) is 0 Å². The Morgan fingerprint density at radius 2 is 2.36 bits per heavy atom. The summed E-state index contributed by atoms with van der Waals surface area (Å²) in [5, 5.41) is 3.03. The van der Waals surface area contributed by atoms with Crippen molar-refractivity contribution in [2.75, 3.05) is 0 Å². The number of halogens is 1. The van der Waals surface area contributed by atoms with E-state index in [0.29, 0.717) is 0 Å². The summed E-state index contributed by atoms with van der Waals surface area (Å²) < 4.78 is 13.7. The maximum atomic E-state index is 12.6. The Morgan fingerprint density at radius 1 is 1.55 bits per heavy atom. The van der Waals surface area contributed by atoms with Crippen molar-refractivity contribution in [3.63, 3.8) is 0 Å². The fourth-order valence-corrected chi connectivity index (χ4v) is 1.98. The second-order valence-electron chi connectivity index (χ2n) is 2.48. The lowest BCUT2D eigenvalue weighted by molar-refractivity contribution is 0.627. The van der Waals surface area contributed by atoms with E-state index < -0.39 is 0 Å². The molecule has 0 saturated carbocycles. The summed E-state index contributed by atoms with van der Waals surface area (Å²) in [6.07, 6.45) is 0. The van der Waals surface area contributed by atoms with Crippen molar-refractivity contribution < 1.29 is 4.39 Å². The van der Waals surface area contributed by atoms with Crippen molar-refractivity contribution in [2.24, 2.45) is 0 Å². The molecule has 1 aromatic heterocycles. The van der Waals surface area contributed by atoms with Crippen molar-refractivity contribution in [1.82, 2.24) is 0 Å². The van der Waals surface area contributed by atoms with Crippen molar-refractivity contribution in [3.05, 3.63) is 35.0 Å². The van der Waals surface area contributed by atoms with E-state index in [0.717, 1.165) is 15.6 Å². The third-order valence-corrected chi connectivity index (χ3v) is 2.73. The van der Waals surface area contributed by atoms with Gasteiger partial charge in [0.25, 0.3) is 0 Å². The Kier molecular flexibility index (Phi) is 1.43. The van der Waals surface area contributed by atoms with Crippen LogP contribution in [0.4, 0.5) is 4.39 Å². The molecule has 0 aliphatic heterocycles. The highest BCUT2D eigenvalue weighted by atomic mass is 32.1. The van der Waals surface area contributed by atoms with Gasteiger partial charge < -0.3 is 0 Å². The van der Waals surface area contributed by atoms with Crippen LogP contribution in [0, 0.1) is 18.8 Å². The van der Waals surface area contributed by atoms with E-state index in [1.54, 1.807) is 17.4 Å². The van der Waals surface area contributed by atoms with Gasteiger partial charge in [-0.25, -0.2) is 4.39 Å². The summed E-state index contributed by atoms with van der Waals surface area (Å²) in [5.74, 6) is -0.279. The van der Waals surface area contributed by atoms with Gasteiger partial charge in [-0.2, -0.15) is 0 Å². The summed E-state index contributed by atoms with van der Waals surface area (Å²) in [4.78, 5) is 0. The molecule has 0 amide bonds. The van der Waals surface area contributed by atoms with E-state index in [9.17, 15) is 4.39 Å². The maximum Gasteiger partial charge on any atom is 0.131 e. The maximum absolute atomic E-state index is 12.6. The Labute approximate surface area is 68.3 Å². The predicted molar refractivity (Wildman–Crippen MR) is 45.4 cm³/mol. The number of fused-ring (bicyclic) bond motifs is 1. The predicted octanol–water partition coefficient (Wildman–Crippen LogP) is 3.15. The van der Waals surface area contributed by atoms with Gasteiger partial charge in [0, 0.05) is 10.8 Å². The van der Waals surface area contributed by atoms with E-state index in [2.05, 4.69) is 6.07 Å². The molecule has 0 bridgehead atoms. The molecule has 2 heteroatoms. The molecule has 0 spiro atoms. The molecule has 0 aliphatic carbocycles. The van der Waals surface area contributed by atoms with Crippen LogP contribution in [0.3, 0.4) is 0 Å². The number of hydrogen-bond acceptors (Lipinski definition) is 1. The number of aryl methyl sites for hydroxylation is 1. The molecule has 1 radical (unpaired) electrons. The highest BCUT2D eigenvalue weighted by molar-refractivity contribution is 7.17. The van der Waals surface area contributed by atoms with E-state index in [4.69, 9.17) is 0 Å². The fourth-order valence-electron chi connectivity index (χ4n) is 1.07. The third-order valence-electron chi connectivity index (χ3n) is 1.67. The fraction of sp³-hybridized carbons (Fsp3) is 0.111. The standard InChI is InChI=1S/C9H6FS/c1-6-5-11-9-3-2-7(10)4-8(6)9/h3-5H,1H3. The summed E-state index contributed by atoms with van der Waals surface area (Å²) in [6, 6.07) is 5.76. The molecule has 55 valence electrons. The van der Waals surface area contributed by atoms with Gasteiger partial charge in [-0.15, -0.1) is 11.3 Å². The zero-order valence-electron chi connectivity index (χ0n) is 6.02. The van der Waals surface area contributed by atoms with Crippen LogP contribution in [0.5, 0.6) is 0 Å². The average Bonchev–Trinajstić information content (AvgIpc) is 2.33. The first-order chi connectivity index (χ1) is 5.27. The summed E-state index contributed by atoms with van der Waals surface area (Å²) in [5.41, 5.74) is 1.14. The first-order valence-electron chi connectivity index (χ1n) is 3.32. The van der Waals surface area contributed by atoms with Crippen LogP contribution >= 0.6 is 11.3 Å². The van der Waals surface area contributed by atoms with Gasteiger partial charge in [-0.3, -0.25) is 0 Å². The van der Waals surface area contributed by atoms with Crippen LogP contribution in [0.15, 0.2) is 17.5 Å². The van der Waals surface area contributed by atoms with Crippen molar-refractivity contribution in [3.8, 4) is 0 Å². The van der Waals surface area contributed by atoms with Gasteiger partial charge in [0.05, 0.1) is 0 Å². The molecule has 0 nitrogen and oxygen atoms in total. The molecule has 1 heterocycles. The molecule has 0 N–H and O–H groups in total. The Morgan fingerprint density at radius 3 is 3.18 bits per heavy atom. The molecule has 0 saturated heterocycles. The lowest BCUT2D eigenvalue weighted by atomic mass is 10.2. The zero-order valence-corrected chi connectivity index (χ0v) is 6.83. The minimum atomic E-state index is -0.279. The van der Waals surface area contributed by atoms with Gasteiger partial charge in [0.2, 0.25) is 0 Å². The van der Waals surface area contributed by atoms with Crippen LogP contribution < -0.4 is 0 Å². The lowest BCUT2D eigenvalue weighted by Crippen LogP contribution is -1.72. The van der Waals surface area contributed by atoms with E-state index >= 15 is 0 Å². The number of rotatable bonds is 0. The van der Waals surface area contributed by atoms with Crippen molar-refractivity contribution in [2.45, 2.75) is 6.92 Å². The van der Waals surface area contributed by atoms with Crippen LogP contribution in [0.2, 0.25) is 0 Å². The van der Waals surface area contributed by atoms with Crippen molar-refractivity contribution >= 4 is 21.4 Å². The van der Waals surface area contributed by atoms with E-state index in [-0.39, 0.29) is 5.82 Å². The molecule has 2 aromatic rings. The quantitative estimate of drug-likeness (QED) is 0.562. The SMILES string of the molecule is Cc1csc2c[c]c(F)cc12. The highest BCUT2D eigenvalue weighted by Crippen LogP contribution is 2.25. The number of benzene rings is 1. The topological polar surface area (TPSA) is 0 Å². The van der Waals surface area contributed by atoms with E-state index in [1.807, 2.05) is 12.3 Å². The molecule has 0 unspecified atom stereocenters. The molecular formula is C9H6FS. The van der Waals surface area contributed by atoms with E-state index in [1.165, 1.54) is 6.07 Å². The van der Waals surface area contributed by atoms with Crippen LogP contribution in [0.1, 0.15) is 5.56 Å². The second kappa shape index (κ2) is 2.31. The normalized spacial score (nSPS) is 10.7. The lowest BCUT2D eigenvalue weighted by Gasteiger charge is -1.89. The van der Waals surface area contributed by atoms with Crippen LogP contribution in [0.25, 0.3) is 10.1 Å². The van der Waals surface area contributed by atoms with Gasteiger partial charge in [-0.1, -0.05) is 0 Å².